The van der Waals surface area contributed by atoms with Crippen LogP contribution in [-0.4, -0.2) is 23.0 Å². The van der Waals surface area contributed by atoms with Gasteiger partial charge in [-0.25, -0.2) is 0 Å². The Kier molecular flexibility index (Phi) is 4.77. The first-order chi connectivity index (χ1) is 9.58. The van der Waals surface area contributed by atoms with Gasteiger partial charge >= 0.3 is 5.97 Å². The molecule has 0 radical (unpaired) electrons. The Bertz CT molecular complexity index is 498. The molecular weight excluding hydrogens is 254 g/mol. The van der Waals surface area contributed by atoms with Crippen LogP contribution in [0.3, 0.4) is 0 Å². The van der Waals surface area contributed by atoms with Crippen LogP contribution >= 0.6 is 0 Å². The van der Waals surface area contributed by atoms with Gasteiger partial charge in [0, 0.05) is 12.5 Å². The molecule has 4 heteroatoms. The molecule has 0 heterocycles. The highest BCUT2D eigenvalue weighted by atomic mass is 16.4. The van der Waals surface area contributed by atoms with E-state index in [0.717, 1.165) is 12.8 Å². The zero-order valence-corrected chi connectivity index (χ0v) is 11.8. The molecule has 0 unspecified atom stereocenters. The van der Waals surface area contributed by atoms with Crippen molar-refractivity contribution in [3.05, 3.63) is 35.4 Å². The molecule has 2 N–H and O–H groups in total. The van der Waals surface area contributed by atoms with E-state index in [1.165, 1.54) is 11.1 Å². The maximum absolute atomic E-state index is 11.9. The monoisotopic (exact) mass is 275 g/mol. The maximum atomic E-state index is 11.9. The number of nitrogens with one attached hydrogen (secondary N) is 1. The lowest BCUT2D eigenvalue weighted by Gasteiger charge is -2.17. The van der Waals surface area contributed by atoms with Gasteiger partial charge in [0.1, 0.15) is 0 Å². The van der Waals surface area contributed by atoms with Crippen molar-refractivity contribution < 1.29 is 14.7 Å². The molecule has 4 nitrogen and oxygen atoms in total. The van der Waals surface area contributed by atoms with Crippen LogP contribution in [0, 0.1) is 12.8 Å². The summed E-state index contributed by atoms with van der Waals surface area (Å²) < 4.78 is 0. The average molecular weight is 275 g/mol. The van der Waals surface area contributed by atoms with Gasteiger partial charge in [-0.2, -0.15) is 0 Å². The van der Waals surface area contributed by atoms with E-state index in [4.69, 9.17) is 5.11 Å². The van der Waals surface area contributed by atoms with Crippen LogP contribution in [0.5, 0.6) is 0 Å². The van der Waals surface area contributed by atoms with Gasteiger partial charge in [0.15, 0.2) is 0 Å². The molecule has 20 heavy (non-hydrogen) atoms. The van der Waals surface area contributed by atoms with E-state index < -0.39 is 11.9 Å². The van der Waals surface area contributed by atoms with Crippen LogP contribution in [0.25, 0.3) is 0 Å². The molecule has 0 aliphatic heterocycles. The molecule has 0 aromatic heterocycles. The predicted molar refractivity (Wildman–Crippen MR) is 76.4 cm³/mol. The standard InChI is InChI=1S/C16H21NO3/c1-11-5-2-3-6-12(11)9-10-15(18)17-14-8-4-7-13(14)16(19)20/h2-3,5-6,13-14H,4,7-10H2,1H3,(H,17,18)(H,19,20)/t13-,14+/m0/s1. The smallest absolute Gasteiger partial charge is 0.308 e. The largest absolute Gasteiger partial charge is 0.481 e. The summed E-state index contributed by atoms with van der Waals surface area (Å²) in [5, 5.41) is 12.0. The molecule has 2 rings (SSSR count). The van der Waals surface area contributed by atoms with Crippen molar-refractivity contribution in [2.45, 2.75) is 45.1 Å². The lowest BCUT2D eigenvalue weighted by molar-refractivity contribution is -0.142. The second-order valence-electron chi connectivity index (χ2n) is 5.48. The maximum Gasteiger partial charge on any atom is 0.308 e. The molecule has 1 aromatic carbocycles. The number of hydrogen-bond acceptors (Lipinski definition) is 2. The molecule has 108 valence electrons. The summed E-state index contributed by atoms with van der Waals surface area (Å²) in [6.07, 6.45) is 3.42. The second-order valence-corrected chi connectivity index (χ2v) is 5.48. The van der Waals surface area contributed by atoms with Gasteiger partial charge in [-0.1, -0.05) is 30.7 Å². The van der Waals surface area contributed by atoms with Gasteiger partial charge < -0.3 is 10.4 Å². The van der Waals surface area contributed by atoms with E-state index in [9.17, 15) is 9.59 Å². The van der Waals surface area contributed by atoms with E-state index in [2.05, 4.69) is 5.32 Å². The Morgan fingerprint density at radius 1 is 1.30 bits per heavy atom. The lowest BCUT2D eigenvalue weighted by atomic mass is 10.0. The second kappa shape index (κ2) is 6.55. The Labute approximate surface area is 119 Å². The first-order valence-corrected chi connectivity index (χ1v) is 7.14. The number of benzene rings is 1. The molecule has 0 saturated heterocycles. The summed E-state index contributed by atoms with van der Waals surface area (Å²) in [5.41, 5.74) is 2.36. The van der Waals surface area contributed by atoms with Crippen LogP contribution in [0.1, 0.15) is 36.8 Å². The molecule has 0 spiro atoms. The number of amides is 1. The minimum absolute atomic E-state index is 0.0496. The van der Waals surface area contributed by atoms with Crippen LogP contribution in [0.4, 0.5) is 0 Å². The van der Waals surface area contributed by atoms with Gasteiger partial charge in [-0.15, -0.1) is 0 Å². The number of carbonyl (C=O) groups is 2. The molecule has 2 atom stereocenters. The van der Waals surface area contributed by atoms with E-state index in [-0.39, 0.29) is 11.9 Å². The minimum atomic E-state index is -0.799. The third kappa shape index (κ3) is 3.59. The van der Waals surface area contributed by atoms with Crippen molar-refractivity contribution in [1.29, 1.82) is 0 Å². The number of hydrogen-bond donors (Lipinski definition) is 2. The van der Waals surface area contributed by atoms with Crippen molar-refractivity contribution in [3.63, 3.8) is 0 Å². The summed E-state index contributed by atoms with van der Waals surface area (Å²) in [6, 6.07) is 7.81. The van der Waals surface area contributed by atoms with Crippen molar-refractivity contribution >= 4 is 11.9 Å². The summed E-state index contributed by atoms with van der Waals surface area (Å²) in [6.45, 7) is 2.03. The Balaban J connectivity index is 1.84. The third-order valence-electron chi connectivity index (χ3n) is 4.06. The Hall–Kier alpha value is -1.84. The predicted octanol–water partition coefficient (Wildman–Crippen LogP) is 2.30. The highest BCUT2D eigenvalue weighted by molar-refractivity contribution is 5.78. The van der Waals surface area contributed by atoms with Gasteiger partial charge in [0.05, 0.1) is 5.92 Å². The number of aryl methyl sites for hydroxylation is 2. The average Bonchev–Trinajstić information content (AvgIpc) is 2.86. The molecule has 0 bridgehead atoms. The van der Waals surface area contributed by atoms with E-state index in [1.54, 1.807) is 0 Å². The summed E-state index contributed by atoms with van der Waals surface area (Å²) in [7, 11) is 0. The number of rotatable bonds is 5. The minimum Gasteiger partial charge on any atom is -0.481 e. The summed E-state index contributed by atoms with van der Waals surface area (Å²) in [4.78, 5) is 23.0. The number of carboxylic acid groups (broad SMARTS) is 1. The molecule has 1 aliphatic carbocycles. The third-order valence-corrected chi connectivity index (χ3v) is 4.06. The van der Waals surface area contributed by atoms with Crippen molar-refractivity contribution in [2.75, 3.05) is 0 Å². The van der Waals surface area contributed by atoms with Crippen molar-refractivity contribution in [3.8, 4) is 0 Å². The van der Waals surface area contributed by atoms with Crippen LogP contribution < -0.4 is 5.32 Å². The summed E-state index contributed by atoms with van der Waals surface area (Å²) in [5.74, 6) is -1.27. The fourth-order valence-corrected chi connectivity index (χ4v) is 2.85. The zero-order valence-electron chi connectivity index (χ0n) is 11.8. The Morgan fingerprint density at radius 3 is 2.75 bits per heavy atom. The normalized spacial score (nSPS) is 21.6. The quantitative estimate of drug-likeness (QED) is 0.866. The van der Waals surface area contributed by atoms with E-state index in [0.29, 0.717) is 19.3 Å². The van der Waals surface area contributed by atoms with Crippen LogP contribution in [-0.2, 0) is 16.0 Å². The van der Waals surface area contributed by atoms with Gasteiger partial charge in [0.25, 0.3) is 0 Å². The molecule has 1 fully saturated rings. The van der Waals surface area contributed by atoms with Gasteiger partial charge in [0.2, 0.25) is 5.91 Å². The topological polar surface area (TPSA) is 66.4 Å². The molecular formula is C16H21NO3. The number of aliphatic carboxylic acids is 1. The number of carboxylic acids is 1. The zero-order chi connectivity index (χ0) is 14.5. The molecule has 1 aromatic rings. The molecule has 1 amide bonds. The molecule has 1 aliphatic rings. The summed E-state index contributed by atoms with van der Waals surface area (Å²) >= 11 is 0. The highest BCUT2D eigenvalue weighted by Crippen LogP contribution is 2.25. The van der Waals surface area contributed by atoms with Gasteiger partial charge in [-0.3, -0.25) is 9.59 Å². The fourth-order valence-electron chi connectivity index (χ4n) is 2.85. The van der Waals surface area contributed by atoms with Crippen molar-refractivity contribution in [2.24, 2.45) is 5.92 Å². The first-order valence-electron chi connectivity index (χ1n) is 7.14. The molecule has 1 saturated carbocycles. The van der Waals surface area contributed by atoms with Crippen molar-refractivity contribution in [1.82, 2.24) is 5.32 Å². The highest BCUT2D eigenvalue weighted by Gasteiger charge is 2.33. The fraction of sp³-hybridized carbons (Fsp3) is 0.500. The SMILES string of the molecule is Cc1ccccc1CCC(=O)N[C@@H]1CCC[C@@H]1C(=O)O. The first kappa shape index (κ1) is 14.6. The number of carbonyl (C=O) groups excluding carboxylic acids is 1. The lowest BCUT2D eigenvalue weighted by Crippen LogP contribution is -2.40. The van der Waals surface area contributed by atoms with Crippen LogP contribution in [0.15, 0.2) is 24.3 Å². The van der Waals surface area contributed by atoms with E-state index in [1.807, 2.05) is 31.2 Å². The Morgan fingerprint density at radius 2 is 2.05 bits per heavy atom. The van der Waals surface area contributed by atoms with Gasteiger partial charge in [-0.05, 0) is 37.3 Å². The van der Waals surface area contributed by atoms with E-state index >= 15 is 0 Å². The van der Waals surface area contributed by atoms with Crippen LogP contribution in [0.2, 0.25) is 0 Å².